The van der Waals surface area contributed by atoms with E-state index < -0.39 is 66.1 Å². The predicted molar refractivity (Wildman–Crippen MR) is 200 cm³/mol. The number of carbonyl (C=O) groups excluding carboxylic acids is 5. The summed E-state index contributed by atoms with van der Waals surface area (Å²) in [7, 11) is 0. The second-order valence-corrected chi connectivity index (χ2v) is 13.2. The van der Waals surface area contributed by atoms with Crippen molar-refractivity contribution < 1.29 is 33.9 Å². The van der Waals surface area contributed by atoms with Crippen LogP contribution in [0.2, 0.25) is 0 Å². The van der Waals surface area contributed by atoms with E-state index in [1.807, 2.05) is 48.5 Å². The van der Waals surface area contributed by atoms with Crippen LogP contribution in [0.3, 0.4) is 0 Å². The molecule has 15 nitrogen and oxygen atoms in total. The predicted octanol–water partition coefficient (Wildman–Crippen LogP) is 0.592. The molecular formula is C35H43IN8O7. The Bertz CT molecular complexity index is 1750. The van der Waals surface area contributed by atoms with E-state index in [2.05, 4.69) is 48.9 Å². The van der Waals surface area contributed by atoms with Gasteiger partial charge in [-0.25, -0.2) is 0 Å². The summed E-state index contributed by atoms with van der Waals surface area (Å²) in [6.45, 7) is 1.44. The number of nitrogens with zero attached hydrogens (tertiary/aromatic N) is 1. The molecule has 0 aliphatic rings. The number of amides is 5. The van der Waals surface area contributed by atoms with Crippen LogP contribution in [0.15, 0.2) is 71.7 Å². The van der Waals surface area contributed by atoms with Gasteiger partial charge in [0.15, 0.2) is 5.96 Å². The molecule has 5 amide bonds. The molecule has 0 bridgehead atoms. The van der Waals surface area contributed by atoms with E-state index in [1.165, 1.54) is 6.92 Å². The minimum absolute atomic E-state index is 0.0250. The Morgan fingerprint density at radius 2 is 1.25 bits per heavy atom. The van der Waals surface area contributed by atoms with Gasteiger partial charge in [-0.1, -0.05) is 54.6 Å². The molecule has 3 aromatic rings. The van der Waals surface area contributed by atoms with Crippen molar-refractivity contribution in [3.63, 3.8) is 0 Å². The second kappa shape index (κ2) is 19.8. The van der Waals surface area contributed by atoms with Gasteiger partial charge in [-0.05, 0) is 75.9 Å². The van der Waals surface area contributed by atoms with Crippen molar-refractivity contribution in [2.75, 3.05) is 6.54 Å². The number of aliphatic carboxylic acids is 1. The van der Waals surface area contributed by atoms with Crippen molar-refractivity contribution in [1.29, 1.82) is 0 Å². The number of benzene rings is 3. The Kier molecular flexibility index (Phi) is 15.6. The van der Waals surface area contributed by atoms with E-state index in [9.17, 15) is 33.9 Å². The molecule has 272 valence electrons. The number of halogens is 1. The molecule has 0 fully saturated rings. The van der Waals surface area contributed by atoms with E-state index in [4.69, 9.17) is 17.2 Å². The first-order chi connectivity index (χ1) is 24.2. The maximum atomic E-state index is 13.8. The highest BCUT2D eigenvalue weighted by Crippen LogP contribution is 2.17. The van der Waals surface area contributed by atoms with Gasteiger partial charge in [0.05, 0.1) is 0 Å². The number of rotatable bonds is 19. The quantitative estimate of drug-likeness (QED) is 0.0364. The lowest BCUT2D eigenvalue weighted by Crippen LogP contribution is -2.58. The lowest BCUT2D eigenvalue weighted by molar-refractivity contribution is -0.138. The van der Waals surface area contributed by atoms with Gasteiger partial charge in [0.2, 0.25) is 29.5 Å². The highest BCUT2D eigenvalue weighted by Gasteiger charge is 2.31. The number of hydrogen-bond donors (Lipinski definition) is 8. The SMILES string of the molecule is CC(=O)N[C@H](Cc1ccc(I)cc1)C(=O)N[C@@H](CCC(=O)O)C(=O)N[C@@H](Cc1ccc2ccccc2c1)C(=O)N[C@@H](CCCN=C(N)N)C(N)=O. The van der Waals surface area contributed by atoms with Gasteiger partial charge in [0, 0.05) is 36.3 Å². The Morgan fingerprint density at radius 3 is 1.86 bits per heavy atom. The Morgan fingerprint density at radius 1 is 0.706 bits per heavy atom. The van der Waals surface area contributed by atoms with Crippen LogP contribution in [-0.2, 0) is 41.6 Å². The number of primary amides is 1. The summed E-state index contributed by atoms with van der Waals surface area (Å²) in [4.78, 5) is 80.8. The lowest BCUT2D eigenvalue weighted by atomic mass is 9.99. The average molecular weight is 815 g/mol. The number of nitrogens with two attached hydrogens (primary N) is 3. The normalized spacial score (nSPS) is 13.1. The van der Waals surface area contributed by atoms with Crippen molar-refractivity contribution in [1.82, 2.24) is 21.3 Å². The third-order valence-electron chi connectivity index (χ3n) is 7.82. The molecule has 11 N–H and O–H groups in total. The smallest absolute Gasteiger partial charge is 0.303 e. The van der Waals surface area contributed by atoms with Crippen LogP contribution in [0, 0.1) is 3.57 Å². The number of guanidine groups is 1. The van der Waals surface area contributed by atoms with Crippen LogP contribution in [0.4, 0.5) is 0 Å². The van der Waals surface area contributed by atoms with Crippen molar-refractivity contribution in [3.8, 4) is 0 Å². The van der Waals surface area contributed by atoms with Crippen LogP contribution in [0.1, 0.15) is 43.7 Å². The van der Waals surface area contributed by atoms with Gasteiger partial charge >= 0.3 is 5.97 Å². The second-order valence-electron chi connectivity index (χ2n) is 11.9. The van der Waals surface area contributed by atoms with Gasteiger partial charge in [-0.15, -0.1) is 0 Å². The highest BCUT2D eigenvalue weighted by atomic mass is 127. The van der Waals surface area contributed by atoms with Crippen LogP contribution in [-0.4, -0.2) is 77.3 Å². The molecule has 0 aliphatic heterocycles. The van der Waals surface area contributed by atoms with Crippen molar-refractivity contribution >= 4 is 74.8 Å². The third-order valence-corrected chi connectivity index (χ3v) is 8.54. The van der Waals surface area contributed by atoms with E-state index in [0.29, 0.717) is 12.0 Å². The third kappa shape index (κ3) is 13.9. The molecule has 0 saturated heterocycles. The average Bonchev–Trinajstić information content (AvgIpc) is 3.07. The van der Waals surface area contributed by atoms with Crippen molar-refractivity contribution in [2.45, 2.75) is 69.6 Å². The molecule has 4 atom stereocenters. The fourth-order valence-electron chi connectivity index (χ4n) is 5.26. The molecule has 51 heavy (non-hydrogen) atoms. The van der Waals surface area contributed by atoms with Gasteiger partial charge in [-0.3, -0.25) is 33.8 Å². The number of carboxylic acid groups (broad SMARTS) is 1. The minimum atomic E-state index is -1.40. The Labute approximate surface area is 308 Å². The summed E-state index contributed by atoms with van der Waals surface area (Å²) >= 11 is 2.14. The van der Waals surface area contributed by atoms with E-state index in [0.717, 1.165) is 19.9 Å². The summed E-state index contributed by atoms with van der Waals surface area (Å²) in [5, 5.41) is 21.7. The number of fused-ring (bicyclic) bond motifs is 1. The van der Waals surface area contributed by atoms with Gasteiger partial charge < -0.3 is 43.6 Å². The van der Waals surface area contributed by atoms with E-state index >= 15 is 0 Å². The van der Waals surface area contributed by atoms with Gasteiger partial charge in [0.25, 0.3) is 0 Å². The molecular weight excluding hydrogens is 771 g/mol. The van der Waals surface area contributed by atoms with Crippen molar-refractivity contribution in [2.24, 2.45) is 22.2 Å². The summed E-state index contributed by atoms with van der Waals surface area (Å²) in [5.74, 6) is -4.94. The number of hydrogen-bond acceptors (Lipinski definition) is 7. The van der Waals surface area contributed by atoms with E-state index in [-0.39, 0.29) is 38.2 Å². The molecule has 0 unspecified atom stereocenters. The first-order valence-corrected chi connectivity index (χ1v) is 17.3. The van der Waals surface area contributed by atoms with E-state index in [1.54, 1.807) is 18.2 Å². The molecule has 0 aromatic heterocycles. The summed E-state index contributed by atoms with van der Waals surface area (Å²) < 4.78 is 0.970. The molecule has 0 spiro atoms. The maximum absolute atomic E-state index is 13.8. The van der Waals surface area contributed by atoms with Gasteiger partial charge in [0.1, 0.15) is 24.2 Å². The molecule has 0 heterocycles. The van der Waals surface area contributed by atoms with Crippen LogP contribution in [0.25, 0.3) is 10.8 Å². The standard InChI is InChI=1S/C35H43IN8O7/c1-20(45)41-28(18-21-9-12-25(36)13-10-21)33(50)43-27(14-15-30(46)47)32(49)44-29(19-22-8-11-23-5-2-3-6-24(23)17-22)34(51)42-26(31(37)48)7-4-16-40-35(38)39/h2-3,5-6,8-13,17,26-29H,4,7,14-16,18-19H2,1H3,(H2,37,48)(H,41,45)(H,42,51)(H,43,50)(H,44,49)(H,46,47)(H4,38,39,40)/t26-,27-,28+,29-/m0/s1. The fourth-order valence-corrected chi connectivity index (χ4v) is 5.62. The molecule has 3 rings (SSSR count). The topological polar surface area (TPSA) is 261 Å². The van der Waals surface area contributed by atoms with Crippen LogP contribution >= 0.6 is 22.6 Å². The highest BCUT2D eigenvalue weighted by molar-refractivity contribution is 14.1. The first-order valence-electron chi connectivity index (χ1n) is 16.2. The zero-order valence-corrected chi connectivity index (χ0v) is 30.2. The maximum Gasteiger partial charge on any atom is 0.303 e. The Hall–Kier alpha value is -5.26. The molecule has 16 heteroatoms. The number of carbonyl (C=O) groups is 6. The summed E-state index contributed by atoms with van der Waals surface area (Å²) in [6.07, 6.45) is -0.307. The zero-order valence-electron chi connectivity index (χ0n) is 28.1. The molecule has 0 saturated carbocycles. The fraction of sp³-hybridized carbons (Fsp3) is 0.343. The van der Waals surface area contributed by atoms with Crippen LogP contribution in [0.5, 0.6) is 0 Å². The zero-order chi connectivity index (χ0) is 37.5. The molecule has 0 aliphatic carbocycles. The lowest BCUT2D eigenvalue weighted by Gasteiger charge is -2.26. The molecule has 0 radical (unpaired) electrons. The number of aliphatic imine (C=N–C) groups is 1. The first kappa shape index (κ1) is 40.2. The van der Waals surface area contributed by atoms with Crippen molar-refractivity contribution in [3.05, 3.63) is 81.4 Å². The summed E-state index contributed by atoms with van der Waals surface area (Å²) in [5.41, 5.74) is 17.7. The minimum Gasteiger partial charge on any atom is -0.481 e. The number of carboxylic acids is 1. The van der Waals surface area contributed by atoms with Crippen LogP contribution < -0.4 is 38.5 Å². The van der Waals surface area contributed by atoms with Gasteiger partial charge in [-0.2, -0.15) is 0 Å². The largest absolute Gasteiger partial charge is 0.481 e. The monoisotopic (exact) mass is 814 g/mol. The molecule has 3 aromatic carbocycles. The number of nitrogens with one attached hydrogen (secondary N) is 4. The Balaban J connectivity index is 1.88. The summed E-state index contributed by atoms with van der Waals surface area (Å²) in [6, 6.07) is 15.5.